The Balaban J connectivity index is 2.09. The van der Waals surface area contributed by atoms with E-state index in [9.17, 15) is 14.4 Å². The van der Waals surface area contributed by atoms with E-state index in [1.165, 1.54) is 7.05 Å². The topological polar surface area (TPSA) is 66.5 Å². The number of carbonyl (C=O) groups excluding carboxylic acids is 3. The molecule has 1 aliphatic rings. The number of hydrogen-bond acceptors (Lipinski definition) is 4. The molecular weight excluding hydrogens is 252 g/mol. The van der Waals surface area contributed by atoms with Gasteiger partial charge in [0.05, 0.1) is 6.42 Å². The van der Waals surface area contributed by atoms with Gasteiger partial charge in [-0.1, -0.05) is 6.07 Å². The van der Waals surface area contributed by atoms with E-state index in [0.29, 0.717) is 10.5 Å². The molecule has 6 heteroatoms. The van der Waals surface area contributed by atoms with Crippen molar-refractivity contribution in [1.29, 1.82) is 0 Å². The van der Waals surface area contributed by atoms with Crippen LogP contribution >= 0.6 is 12.6 Å². The number of thiol groups is 1. The van der Waals surface area contributed by atoms with Gasteiger partial charge in [0.1, 0.15) is 6.04 Å². The average molecular weight is 264 g/mol. The van der Waals surface area contributed by atoms with E-state index in [4.69, 9.17) is 0 Å². The molecule has 2 rings (SSSR count). The second kappa shape index (κ2) is 4.81. The summed E-state index contributed by atoms with van der Waals surface area (Å²) in [6.07, 6.45) is 0.0155. The Morgan fingerprint density at radius 2 is 2.17 bits per heavy atom. The molecule has 0 bridgehead atoms. The zero-order valence-electron chi connectivity index (χ0n) is 9.71. The highest BCUT2D eigenvalue weighted by Gasteiger charge is 2.36. The number of imide groups is 1. The smallest absolute Gasteiger partial charge is 0.252 e. The van der Waals surface area contributed by atoms with Gasteiger partial charge >= 0.3 is 0 Å². The number of nitrogens with one attached hydrogen (secondary N) is 1. The van der Waals surface area contributed by atoms with Gasteiger partial charge in [-0.15, -0.1) is 12.6 Å². The van der Waals surface area contributed by atoms with Gasteiger partial charge < -0.3 is 5.32 Å². The summed E-state index contributed by atoms with van der Waals surface area (Å²) in [5, 5.41) is 2.55. The number of hydrogen-bond donors (Lipinski definition) is 2. The molecule has 0 radical (unpaired) electrons. The summed E-state index contributed by atoms with van der Waals surface area (Å²) in [7, 11) is 1.41. The van der Waals surface area contributed by atoms with Crippen molar-refractivity contribution >= 4 is 30.4 Å². The molecule has 0 spiro atoms. The quantitative estimate of drug-likeness (QED) is 0.602. The van der Waals surface area contributed by atoms with Gasteiger partial charge in [0, 0.05) is 17.5 Å². The van der Waals surface area contributed by atoms with Gasteiger partial charge in [-0.25, -0.2) is 0 Å². The summed E-state index contributed by atoms with van der Waals surface area (Å²) in [5.74, 6) is -1.05. The van der Waals surface area contributed by atoms with Crippen molar-refractivity contribution in [3.8, 4) is 0 Å². The molecule has 0 aliphatic carbocycles. The van der Waals surface area contributed by atoms with Crippen LogP contribution in [0.15, 0.2) is 29.2 Å². The van der Waals surface area contributed by atoms with E-state index < -0.39 is 6.04 Å². The van der Waals surface area contributed by atoms with Crippen LogP contribution in [0.5, 0.6) is 0 Å². The van der Waals surface area contributed by atoms with Gasteiger partial charge in [-0.05, 0) is 18.2 Å². The lowest BCUT2D eigenvalue weighted by Crippen LogP contribution is -2.40. The normalized spacial score (nSPS) is 19.2. The van der Waals surface area contributed by atoms with Crippen LogP contribution < -0.4 is 5.32 Å². The van der Waals surface area contributed by atoms with Crippen molar-refractivity contribution in [1.82, 2.24) is 10.2 Å². The number of likely N-dealkylation sites (N-methyl/N-ethyl adjacent to an activating group) is 1. The first-order valence-electron chi connectivity index (χ1n) is 5.39. The largest absolute Gasteiger partial charge is 0.340 e. The maximum absolute atomic E-state index is 11.9. The summed E-state index contributed by atoms with van der Waals surface area (Å²) < 4.78 is 0. The molecule has 94 valence electrons. The first-order valence-corrected chi connectivity index (χ1v) is 5.84. The van der Waals surface area contributed by atoms with Gasteiger partial charge in [-0.2, -0.15) is 0 Å². The molecule has 1 aromatic carbocycles. The molecule has 1 N–H and O–H groups in total. The number of amides is 3. The van der Waals surface area contributed by atoms with Gasteiger partial charge in [0.25, 0.3) is 11.8 Å². The summed E-state index contributed by atoms with van der Waals surface area (Å²) >= 11 is 4.13. The van der Waals surface area contributed by atoms with Crippen LogP contribution in [-0.4, -0.2) is 35.7 Å². The highest BCUT2D eigenvalue weighted by atomic mass is 32.1. The van der Waals surface area contributed by atoms with Gasteiger partial charge in [-0.3, -0.25) is 19.3 Å². The second-order valence-electron chi connectivity index (χ2n) is 4.07. The van der Waals surface area contributed by atoms with Crippen LogP contribution in [0.25, 0.3) is 0 Å². The van der Waals surface area contributed by atoms with Crippen LogP contribution in [0.1, 0.15) is 16.8 Å². The van der Waals surface area contributed by atoms with Crippen molar-refractivity contribution in [2.45, 2.75) is 17.4 Å². The predicted molar refractivity (Wildman–Crippen MR) is 67.3 cm³/mol. The zero-order chi connectivity index (χ0) is 13.3. The molecular formula is C12H12N2O3S. The Hall–Kier alpha value is -1.82. The zero-order valence-corrected chi connectivity index (χ0v) is 10.6. The molecule has 1 aliphatic heterocycles. The Morgan fingerprint density at radius 3 is 2.72 bits per heavy atom. The molecule has 0 saturated carbocycles. The van der Waals surface area contributed by atoms with E-state index in [1.54, 1.807) is 24.3 Å². The SMILES string of the molecule is CN1C(=O)CC(NC(=O)c2cccc(S)c2)C1=O. The molecule has 1 aromatic rings. The predicted octanol–water partition coefficient (Wildman–Crippen LogP) is 0.462. The molecule has 3 amide bonds. The highest BCUT2D eigenvalue weighted by Crippen LogP contribution is 2.13. The fourth-order valence-electron chi connectivity index (χ4n) is 1.76. The molecule has 0 aromatic heterocycles. The maximum atomic E-state index is 11.9. The van der Waals surface area contributed by atoms with Crippen LogP contribution in [0.2, 0.25) is 0 Å². The monoisotopic (exact) mass is 264 g/mol. The van der Waals surface area contributed by atoms with Crippen molar-refractivity contribution in [2.75, 3.05) is 7.05 Å². The number of rotatable bonds is 2. The summed E-state index contributed by atoms with van der Waals surface area (Å²) in [6.45, 7) is 0. The number of nitrogens with zero attached hydrogens (tertiary/aromatic N) is 1. The minimum Gasteiger partial charge on any atom is -0.340 e. The van der Waals surface area contributed by atoms with Crippen LogP contribution in [0.4, 0.5) is 0 Å². The van der Waals surface area contributed by atoms with Crippen LogP contribution in [-0.2, 0) is 9.59 Å². The summed E-state index contributed by atoms with van der Waals surface area (Å²) in [5.41, 5.74) is 0.414. The lowest BCUT2D eigenvalue weighted by molar-refractivity contribution is -0.137. The fourth-order valence-corrected chi connectivity index (χ4v) is 1.98. The van der Waals surface area contributed by atoms with Crippen molar-refractivity contribution in [3.63, 3.8) is 0 Å². The van der Waals surface area contributed by atoms with Gasteiger partial charge in [0.2, 0.25) is 5.91 Å². The van der Waals surface area contributed by atoms with E-state index in [-0.39, 0.29) is 24.1 Å². The van der Waals surface area contributed by atoms with Gasteiger partial charge in [0.15, 0.2) is 0 Å². The first-order chi connectivity index (χ1) is 8.49. The number of benzene rings is 1. The lowest BCUT2D eigenvalue weighted by Gasteiger charge is -2.11. The highest BCUT2D eigenvalue weighted by molar-refractivity contribution is 7.80. The lowest BCUT2D eigenvalue weighted by atomic mass is 10.2. The molecule has 1 unspecified atom stereocenters. The van der Waals surface area contributed by atoms with Crippen molar-refractivity contribution in [2.24, 2.45) is 0 Å². The average Bonchev–Trinajstić information content (AvgIpc) is 2.57. The molecule has 1 saturated heterocycles. The minimum atomic E-state index is -0.765. The second-order valence-corrected chi connectivity index (χ2v) is 4.59. The standard InChI is InChI=1S/C12H12N2O3S/c1-14-10(15)6-9(12(14)17)13-11(16)7-3-2-4-8(18)5-7/h2-5,9,18H,6H2,1H3,(H,13,16). The third kappa shape index (κ3) is 2.38. The Morgan fingerprint density at radius 1 is 1.44 bits per heavy atom. The molecule has 18 heavy (non-hydrogen) atoms. The van der Waals surface area contributed by atoms with Crippen molar-refractivity contribution < 1.29 is 14.4 Å². The number of likely N-dealkylation sites (tertiary alicyclic amines) is 1. The van der Waals surface area contributed by atoms with Crippen LogP contribution in [0.3, 0.4) is 0 Å². The first kappa shape index (κ1) is 12.6. The molecule has 1 atom stereocenters. The molecule has 1 fully saturated rings. The minimum absolute atomic E-state index is 0.0155. The molecule has 5 nitrogen and oxygen atoms in total. The summed E-state index contributed by atoms with van der Waals surface area (Å²) in [6, 6.07) is 5.91. The van der Waals surface area contributed by atoms with E-state index >= 15 is 0 Å². The number of carbonyl (C=O) groups is 3. The van der Waals surface area contributed by atoms with Crippen molar-refractivity contribution in [3.05, 3.63) is 29.8 Å². The third-order valence-corrected chi connectivity index (χ3v) is 3.07. The van der Waals surface area contributed by atoms with E-state index in [0.717, 1.165) is 4.90 Å². The fraction of sp³-hybridized carbons (Fsp3) is 0.250. The van der Waals surface area contributed by atoms with E-state index in [2.05, 4.69) is 17.9 Å². The Kier molecular flexibility index (Phi) is 3.38. The van der Waals surface area contributed by atoms with Crippen LogP contribution in [0, 0.1) is 0 Å². The maximum Gasteiger partial charge on any atom is 0.252 e. The Bertz CT molecular complexity index is 530. The van der Waals surface area contributed by atoms with E-state index in [1.807, 2.05) is 0 Å². The third-order valence-electron chi connectivity index (χ3n) is 2.80. The molecule has 1 heterocycles. The Labute approximate surface area is 110 Å². The summed E-state index contributed by atoms with van der Waals surface area (Å²) in [4.78, 5) is 36.5.